The second kappa shape index (κ2) is 5.83. The minimum atomic E-state index is -5.79. The van der Waals surface area contributed by atoms with Crippen LogP contribution >= 0.6 is 0 Å². The van der Waals surface area contributed by atoms with Gasteiger partial charge in [-0.2, -0.15) is 21.6 Å². The lowest BCUT2D eigenvalue weighted by molar-refractivity contribution is -0.133. The zero-order chi connectivity index (χ0) is 18.4. The number of carbonyl (C=O) groups excluding carboxylic acids is 1. The lowest BCUT2D eigenvalue weighted by atomic mass is 9.91. The summed E-state index contributed by atoms with van der Waals surface area (Å²) in [6, 6.07) is 6.10. The predicted molar refractivity (Wildman–Crippen MR) is 80.1 cm³/mol. The van der Waals surface area contributed by atoms with Crippen LogP contribution in [0.5, 0.6) is 5.88 Å². The number of rotatable bonds is 3. The number of hydrogen-bond acceptors (Lipinski definition) is 6. The van der Waals surface area contributed by atoms with Crippen molar-refractivity contribution in [3.63, 3.8) is 0 Å². The molecule has 25 heavy (non-hydrogen) atoms. The Balaban J connectivity index is 1.81. The predicted octanol–water partition coefficient (Wildman–Crippen LogP) is 1.80. The normalized spacial score (nSPS) is 15.9. The van der Waals surface area contributed by atoms with Crippen molar-refractivity contribution in [1.82, 2.24) is 15.1 Å². The summed E-state index contributed by atoms with van der Waals surface area (Å²) in [7, 11) is -5.79. The molecule has 0 saturated carbocycles. The summed E-state index contributed by atoms with van der Waals surface area (Å²) in [5.74, 6) is -0.620. The fourth-order valence-electron chi connectivity index (χ4n) is 2.44. The summed E-state index contributed by atoms with van der Waals surface area (Å²) >= 11 is 0. The van der Waals surface area contributed by atoms with Gasteiger partial charge in [0.15, 0.2) is 0 Å². The molecule has 134 valence electrons. The van der Waals surface area contributed by atoms with Crippen LogP contribution in [0.15, 0.2) is 24.3 Å². The monoisotopic (exact) mass is 375 g/mol. The number of aromatic nitrogens is 2. The number of benzene rings is 1. The van der Waals surface area contributed by atoms with E-state index < -0.39 is 21.5 Å². The maximum absolute atomic E-state index is 12.3. The molecule has 0 bridgehead atoms. The van der Waals surface area contributed by atoms with Gasteiger partial charge in [-0.1, -0.05) is 12.1 Å². The molecule has 2 aromatic rings. The first-order valence-electron chi connectivity index (χ1n) is 7.10. The minimum Gasteiger partial charge on any atom is -0.354 e. The molecule has 0 N–H and O–H groups in total. The SMILES string of the molecule is CC(=O)N1CC(c2ccc3cc(OS(=O)(=O)C(F)(F)F)nnc3c2)C1. The zero-order valence-electron chi connectivity index (χ0n) is 12.8. The molecule has 2 heterocycles. The number of halogens is 3. The Kier molecular flexibility index (Phi) is 4.06. The first-order chi connectivity index (χ1) is 11.6. The summed E-state index contributed by atoms with van der Waals surface area (Å²) in [6.07, 6.45) is 0. The number of carbonyl (C=O) groups is 1. The van der Waals surface area contributed by atoms with Crippen molar-refractivity contribution in [2.45, 2.75) is 18.3 Å². The molecule has 0 radical (unpaired) electrons. The van der Waals surface area contributed by atoms with Crippen LogP contribution < -0.4 is 4.18 Å². The Hall–Kier alpha value is -2.43. The topological polar surface area (TPSA) is 89.5 Å². The minimum absolute atomic E-state index is 0.00973. The van der Waals surface area contributed by atoms with Gasteiger partial charge in [-0.25, -0.2) is 0 Å². The molecule has 0 spiro atoms. The number of hydrogen-bond donors (Lipinski definition) is 0. The van der Waals surface area contributed by atoms with Gasteiger partial charge in [0.05, 0.1) is 5.52 Å². The molecule has 11 heteroatoms. The summed E-state index contributed by atoms with van der Waals surface area (Å²) in [5.41, 5.74) is -4.24. The van der Waals surface area contributed by atoms with Gasteiger partial charge in [-0.15, -0.1) is 10.2 Å². The zero-order valence-corrected chi connectivity index (χ0v) is 13.6. The molecule has 0 atom stereocenters. The molecule has 0 unspecified atom stereocenters. The van der Waals surface area contributed by atoms with E-state index in [1.54, 1.807) is 23.1 Å². The first kappa shape index (κ1) is 17.4. The van der Waals surface area contributed by atoms with Crippen molar-refractivity contribution in [2.24, 2.45) is 0 Å². The number of likely N-dealkylation sites (tertiary alicyclic amines) is 1. The molecular formula is C14H12F3N3O4S. The van der Waals surface area contributed by atoms with Crippen molar-refractivity contribution >= 4 is 26.9 Å². The van der Waals surface area contributed by atoms with E-state index in [0.717, 1.165) is 11.6 Å². The van der Waals surface area contributed by atoms with E-state index in [-0.39, 0.29) is 11.8 Å². The fraction of sp³-hybridized carbons (Fsp3) is 0.357. The Bertz CT molecular complexity index is 940. The molecule has 1 aromatic heterocycles. The summed E-state index contributed by atoms with van der Waals surface area (Å²) in [5, 5.41) is 7.48. The molecule has 1 saturated heterocycles. The second-order valence-electron chi connectivity index (χ2n) is 5.60. The van der Waals surface area contributed by atoms with Crippen LogP contribution in [0.2, 0.25) is 0 Å². The summed E-state index contributed by atoms with van der Waals surface area (Å²) in [4.78, 5) is 12.9. The highest BCUT2D eigenvalue weighted by Crippen LogP contribution is 2.30. The van der Waals surface area contributed by atoms with Crippen molar-refractivity contribution < 1.29 is 30.6 Å². The third-order valence-corrected chi connectivity index (χ3v) is 4.82. The van der Waals surface area contributed by atoms with E-state index in [1.807, 2.05) is 0 Å². The van der Waals surface area contributed by atoms with Crippen LogP contribution in [-0.2, 0) is 14.9 Å². The van der Waals surface area contributed by atoms with Crippen molar-refractivity contribution in [1.29, 1.82) is 0 Å². The average molecular weight is 375 g/mol. The van der Waals surface area contributed by atoms with E-state index in [9.17, 15) is 26.4 Å². The molecule has 3 rings (SSSR count). The van der Waals surface area contributed by atoms with Gasteiger partial charge < -0.3 is 9.08 Å². The Morgan fingerprint density at radius 3 is 2.52 bits per heavy atom. The first-order valence-corrected chi connectivity index (χ1v) is 8.51. The Morgan fingerprint density at radius 1 is 1.24 bits per heavy atom. The molecule has 1 amide bonds. The van der Waals surface area contributed by atoms with Crippen molar-refractivity contribution in [2.75, 3.05) is 13.1 Å². The maximum Gasteiger partial charge on any atom is 0.534 e. The fourth-order valence-corrected chi connectivity index (χ4v) is 2.84. The highest BCUT2D eigenvalue weighted by Gasteiger charge is 2.49. The average Bonchev–Trinajstić information content (AvgIpc) is 2.43. The molecule has 1 fully saturated rings. The number of fused-ring (bicyclic) bond motifs is 1. The van der Waals surface area contributed by atoms with Gasteiger partial charge in [-0.3, -0.25) is 4.79 Å². The third-order valence-electron chi connectivity index (χ3n) is 3.87. The molecule has 0 aliphatic carbocycles. The summed E-state index contributed by atoms with van der Waals surface area (Å²) in [6.45, 7) is 2.65. The molecular weight excluding hydrogens is 363 g/mol. The van der Waals surface area contributed by atoms with Gasteiger partial charge >= 0.3 is 15.6 Å². The van der Waals surface area contributed by atoms with Gasteiger partial charge in [0.1, 0.15) is 0 Å². The van der Waals surface area contributed by atoms with Crippen LogP contribution in [0.4, 0.5) is 13.2 Å². The number of amides is 1. The summed E-state index contributed by atoms with van der Waals surface area (Å²) < 4.78 is 62.9. The standard InChI is InChI=1S/C14H12F3N3O4S/c1-8(21)20-6-11(7-20)9-2-3-10-5-13(19-18-12(10)4-9)24-25(22,23)14(15,16)17/h2-5,11H,6-7H2,1H3. The van der Waals surface area contributed by atoms with Crippen molar-refractivity contribution in [3.05, 3.63) is 29.8 Å². The van der Waals surface area contributed by atoms with E-state index >= 15 is 0 Å². The largest absolute Gasteiger partial charge is 0.534 e. The third kappa shape index (κ3) is 3.36. The second-order valence-corrected chi connectivity index (χ2v) is 7.14. The van der Waals surface area contributed by atoms with Gasteiger partial charge in [-0.05, 0) is 11.6 Å². The van der Waals surface area contributed by atoms with Crippen LogP contribution in [0, 0.1) is 0 Å². The van der Waals surface area contributed by atoms with E-state index in [4.69, 9.17) is 0 Å². The maximum atomic E-state index is 12.3. The highest BCUT2D eigenvalue weighted by atomic mass is 32.2. The van der Waals surface area contributed by atoms with Crippen molar-refractivity contribution in [3.8, 4) is 5.88 Å². The van der Waals surface area contributed by atoms with Gasteiger partial charge in [0.2, 0.25) is 5.91 Å². The van der Waals surface area contributed by atoms with Crippen LogP contribution in [0.25, 0.3) is 10.9 Å². The number of nitrogens with zero attached hydrogens (tertiary/aromatic N) is 3. The molecule has 1 aliphatic heterocycles. The quantitative estimate of drug-likeness (QED) is 0.600. The van der Waals surface area contributed by atoms with Gasteiger partial charge in [0, 0.05) is 37.4 Å². The van der Waals surface area contributed by atoms with E-state index in [2.05, 4.69) is 14.4 Å². The smallest absolute Gasteiger partial charge is 0.354 e. The Labute approximate surface area is 140 Å². The van der Waals surface area contributed by atoms with Crippen LogP contribution in [0.1, 0.15) is 18.4 Å². The lowest BCUT2D eigenvalue weighted by Gasteiger charge is -2.39. The molecule has 1 aromatic carbocycles. The van der Waals surface area contributed by atoms with E-state index in [1.165, 1.54) is 6.92 Å². The van der Waals surface area contributed by atoms with Gasteiger partial charge in [0.25, 0.3) is 5.88 Å². The molecule has 1 aliphatic rings. The number of alkyl halides is 3. The Morgan fingerprint density at radius 2 is 1.92 bits per heavy atom. The molecule has 7 nitrogen and oxygen atoms in total. The van der Waals surface area contributed by atoms with Crippen LogP contribution in [-0.4, -0.2) is 48.0 Å². The van der Waals surface area contributed by atoms with Crippen LogP contribution in [0.3, 0.4) is 0 Å². The van der Waals surface area contributed by atoms with E-state index in [0.29, 0.717) is 24.0 Å². The highest BCUT2D eigenvalue weighted by molar-refractivity contribution is 7.87. The lowest BCUT2D eigenvalue weighted by Crippen LogP contribution is -2.47.